The smallest absolute Gasteiger partial charge is 0.245 e. The Balaban J connectivity index is 2.68. The number of rotatable bonds is 29. The molecule has 0 aliphatic carbocycles. The SMILES string of the molecule is CC[C@H](C)CCCCC(=O)N[C@@H](CCN)C(=O)N[C@H](C(=O)N[C@@H](CCN)C(=O)N[C@H]1CCNC(=O)[C@H]([C@@H](C)O)NC(=O)[C@H](CCN)NC(=O)[C@H](CCN)NC(=O)[C@H]([C@@H](C)CC)NC(=O)C(Cc2ccccc2)NC(=O)[C@H](CCN)NC1=O)[C@@H](C)O. The zero-order valence-corrected chi connectivity index (χ0v) is 50.2. The van der Waals surface area contributed by atoms with Gasteiger partial charge < -0.3 is 97.4 Å². The maximum Gasteiger partial charge on any atom is 0.245 e. The minimum absolute atomic E-state index is 0.0173. The van der Waals surface area contributed by atoms with Crippen molar-refractivity contribution in [2.45, 2.75) is 198 Å². The number of hydrogen-bond acceptors (Lipinski definition) is 18. The summed E-state index contributed by atoms with van der Waals surface area (Å²) in [4.78, 5) is 154. The van der Waals surface area contributed by atoms with Gasteiger partial charge in [0.15, 0.2) is 0 Å². The van der Waals surface area contributed by atoms with Crippen LogP contribution in [0.4, 0.5) is 0 Å². The average molecular weight is 1200 g/mol. The van der Waals surface area contributed by atoms with Crippen molar-refractivity contribution in [1.82, 2.24) is 58.5 Å². The molecule has 480 valence electrons. The molecule has 23 N–H and O–H groups in total. The highest BCUT2D eigenvalue weighted by Gasteiger charge is 2.38. The molecule has 1 aliphatic rings. The maximum atomic E-state index is 14.5. The molecule has 1 fully saturated rings. The molecule has 1 aromatic rings. The summed E-state index contributed by atoms with van der Waals surface area (Å²) in [5.41, 5.74) is 29.9. The summed E-state index contributed by atoms with van der Waals surface area (Å²) < 4.78 is 0. The van der Waals surface area contributed by atoms with Gasteiger partial charge in [-0.15, -0.1) is 0 Å². The van der Waals surface area contributed by atoms with Crippen LogP contribution in [-0.4, -0.2) is 187 Å². The Bertz CT molecular complexity index is 2320. The minimum atomic E-state index is -1.70. The van der Waals surface area contributed by atoms with Gasteiger partial charge in [-0.25, -0.2) is 0 Å². The molecule has 1 aliphatic heterocycles. The lowest BCUT2D eigenvalue weighted by atomic mass is 9.96. The zero-order chi connectivity index (χ0) is 63.8. The van der Waals surface area contributed by atoms with Crippen molar-refractivity contribution in [1.29, 1.82) is 0 Å². The Kier molecular flexibility index (Phi) is 34.6. The lowest BCUT2D eigenvalue weighted by molar-refractivity contribution is -0.137. The van der Waals surface area contributed by atoms with Gasteiger partial charge in [-0.2, -0.15) is 0 Å². The van der Waals surface area contributed by atoms with Crippen molar-refractivity contribution in [2.24, 2.45) is 40.5 Å². The Morgan fingerprint density at radius 3 is 1.58 bits per heavy atom. The standard InChI is InChI=1S/C56H98N16O13/c1-7-31(3)14-12-13-17-43(75)63-36(18-24-57)51(80)72-46(34(6)74)56(85)68-39(21-27-60)48(77)66-41-23-29-62-54(83)45(33(5)73)71-52(81)40(22-28-61)65-47(76)38(20-26-59)67-55(84)44(32(4)8-2)70-53(82)42(30-35-15-10-9-11-16-35)69-49(78)37(19-25-58)64-50(41)79/h9-11,15-16,31-34,36-42,44-46,73-74H,7-8,12-14,17-30,57-61H2,1-6H3,(H,62,83)(H,63,75)(H,64,79)(H,65,76)(H,66,77)(H,67,84)(H,68,85)(H,69,78)(H,70,82)(H,71,81)(H,72,80)/t31-,32-,33+,34+,36-,37-,38-,39-,40-,41-,42?,44-,45-,46-/m0/s1. The van der Waals surface area contributed by atoms with Crippen LogP contribution in [0.2, 0.25) is 0 Å². The molecule has 29 nitrogen and oxygen atoms in total. The van der Waals surface area contributed by atoms with Gasteiger partial charge in [0.1, 0.15) is 60.4 Å². The van der Waals surface area contributed by atoms with E-state index in [0.717, 1.165) is 19.3 Å². The van der Waals surface area contributed by atoms with Crippen LogP contribution in [0.25, 0.3) is 0 Å². The molecule has 11 amide bonds. The highest BCUT2D eigenvalue weighted by Crippen LogP contribution is 2.14. The summed E-state index contributed by atoms with van der Waals surface area (Å²) in [6.45, 7) is 8.87. The van der Waals surface area contributed by atoms with Crippen molar-refractivity contribution < 1.29 is 63.0 Å². The second-order valence-corrected chi connectivity index (χ2v) is 21.7. The maximum absolute atomic E-state index is 14.5. The van der Waals surface area contributed by atoms with Crippen LogP contribution in [0.1, 0.15) is 124 Å². The van der Waals surface area contributed by atoms with E-state index in [1.165, 1.54) is 13.8 Å². The van der Waals surface area contributed by atoms with E-state index in [1.54, 1.807) is 44.2 Å². The monoisotopic (exact) mass is 1200 g/mol. The number of amides is 11. The van der Waals surface area contributed by atoms with E-state index < -0.39 is 156 Å². The number of benzene rings is 1. The third-order valence-corrected chi connectivity index (χ3v) is 14.7. The molecule has 29 heteroatoms. The zero-order valence-electron chi connectivity index (χ0n) is 50.2. The lowest BCUT2D eigenvalue weighted by Gasteiger charge is -2.30. The van der Waals surface area contributed by atoms with Gasteiger partial charge in [0.25, 0.3) is 0 Å². The first kappa shape index (κ1) is 74.2. The fourth-order valence-corrected chi connectivity index (χ4v) is 9.09. The van der Waals surface area contributed by atoms with Crippen molar-refractivity contribution in [2.75, 3.05) is 39.3 Å². The highest BCUT2D eigenvalue weighted by molar-refractivity contribution is 5.99. The summed E-state index contributed by atoms with van der Waals surface area (Å²) in [5.74, 6) is -9.81. The molecule has 2 rings (SSSR count). The van der Waals surface area contributed by atoms with E-state index in [0.29, 0.717) is 24.3 Å². The van der Waals surface area contributed by atoms with Gasteiger partial charge in [0, 0.05) is 19.4 Å². The number of carbonyl (C=O) groups is 11. The largest absolute Gasteiger partial charge is 0.391 e. The number of aliphatic hydroxyl groups is 2. The van der Waals surface area contributed by atoms with Crippen molar-refractivity contribution >= 4 is 65.0 Å². The molecule has 14 atom stereocenters. The number of aliphatic hydroxyl groups excluding tert-OH is 2. The van der Waals surface area contributed by atoms with Gasteiger partial charge >= 0.3 is 0 Å². The highest BCUT2D eigenvalue weighted by atomic mass is 16.3. The Hall–Kier alpha value is -6.89. The van der Waals surface area contributed by atoms with E-state index in [1.807, 2.05) is 0 Å². The Morgan fingerprint density at radius 2 is 1.06 bits per heavy atom. The molecule has 0 aromatic heterocycles. The number of unbranched alkanes of at least 4 members (excludes halogenated alkanes) is 1. The van der Waals surface area contributed by atoms with Gasteiger partial charge in [-0.1, -0.05) is 83.7 Å². The van der Waals surface area contributed by atoms with Gasteiger partial charge in [0.05, 0.1) is 12.2 Å². The predicted octanol–water partition coefficient (Wildman–Crippen LogP) is -5.24. The predicted molar refractivity (Wildman–Crippen MR) is 316 cm³/mol. The fraction of sp³-hybridized carbons (Fsp3) is 0.696. The summed E-state index contributed by atoms with van der Waals surface area (Å²) in [5, 5.41) is 49.7. The molecule has 1 heterocycles. The average Bonchev–Trinajstić information content (AvgIpc) is 3.69. The number of nitrogens with two attached hydrogens (primary N) is 5. The van der Waals surface area contributed by atoms with Crippen LogP contribution in [-0.2, 0) is 59.2 Å². The fourth-order valence-electron chi connectivity index (χ4n) is 9.09. The van der Waals surface area contributed by atoms with Crippen LogP contribution < -0.4 is 87.2 Å². The third kappa shape index (κ3) is 26.1. The lowest BCUT2D eigenvalue weighted by Crippen LogP contribution is -2.62. The summed E-state index contributed by atoms with van der Waals surface area (Å²) in [7, 11) is 0. The number of carbonyl (C=O) groups excluding carboxylic acids is 11. The first-order chi connectivity index (χ1) is 40.4. The number of hydrogen-bond donors (Lipinski definition) is 18. The van der Waals surface area contributed by atoms with Crippen LogP contribution >= 0.6 is 0 Å². The molecular formula is C56H98N16O13. The van der Waals surface area contributed by atoms with Crippen molar-refractivity contribution in [3.05, 3.63) is 35.9 Å². The second-order valence-electron chi connectivity index (χ2n) is 21.7. The topological polar surface area (TPSA) is 491 Å². The minimum Gasteiger partial charge on any atom is -0.391 e. The Labute approximate surface area is 498 Å². The van der Waals surface area contributed by atoms with E-state index in [-0.39, 0.29) is 77.7 Å². The van der Waals surface area contributed by atoms with Crippen LogP contribution in [0.15, 0.2) is 30.3 Å². The molecular weight excluding hydrogens is 1100 g/mol. The summed E-state index contributed by atoms with van der Waals surface area (Å²) in [6, 6.07) is -6.25. The first-order valence-corrected chi connectivity index (χ1v) is 29.6. The van der Waals surface area contributed by atoms with Crippen LogP contribution in [0.5, 0.6) is 0 Å². The molecule has 85 heavy (non-hydrogen) atoms. The van der Waals surface area contributed by atoms with Crippen LogP contribution in [0, 0.1) is 11.8 Å². The normalized spacial score (nSPS) is 23.2. The molecule has 0 bridgehead atoms. The number of nitrogens with one attached hydrogen (secondary N) is 11. The second kappa shape index (κ2) is 39.7. The molecule has 1 aromatic carbocycles. The third-order valence-electron chi connectivity index (χ3n) is 14.7. The molecule has 0 saturated carbocycles. The quantitative estimate of drug-likeness (QED) is 0.0333. The molecule has 0 radical (unpaired) electrons. The van der Waals surface area contributed by atoms with E-state index in [2.05, 4.69) is 72.3 Å². The van der Waals surface area contributed by atoms with Crippen molar-refractivity contribution in [3.63, 3.8) is 0 Å². The Morgan fingerprint density at radius 1 is 0.553 bits per heavy atom. The van der Waals surface area contributed by atoms with E-state index in [4.69, 9.17) is 28.7 Å². The molecule has 1 saturated heterocycles. The van der Waals surface area contributed by atoms with E-state index >= 15 is 0 Å². The van der Waals surface area contributed by atoms with Crippen molar-refractivity contribution in [3.8, 4) is 0 Å². The van der Waals surface area contributed by atoms with Gasteiger partial charge in [0.2, 0.25) is 65.0 Å². The van der Waals surface area contributed by atoms with E-state index in [9.17, 15) is 63.0 Å². The first-order valence-electron chi connectivity index (χ1n) is 29.6. The van der Waals surface area contributed by atoms with Gasteiger partial charge in [-0.05, 0) is 109 Å². The summed E-state index contributed by atoms with van der Waals surface area (Å²) >= 11 is 0. The molecule has 1 unspecified atom stereocenters. The molecule has 0 spiro atoms. The van der Waals surface area contributed by atoms with Crippen LogP contribution in [0.3, 0.4) is 0 Å². The van der Waals surface area contributed by atoms with Gasteiger partial charge in [-0.3, -0.25) is 52.7 Å². The summed E-state index contributed by atoms with van der Waals surface area (Å²) in [6.07, 6.45) is -0.756.